The van der Waals surface area contributed by atoms with Crippen LogP contribution in [0.25, 0.3) is 0 Å². The van der Waals surface area contributed by atoms with E-state index in [0.29, 0.717) is 31.7 Å². The van der Waals surface area contributed by atoms with Crippen LogP contribution < -0.4 is 4.90 Å². The molecule has 1 saturated heterocycles. The average Bonchev–Trinajstić information content (AvgIpc) is 2.78. The highest BCUT2D eigenvalue weighted by molar-refractivity contribution is 5.75. The molecule has 0 aromatic carbocycles. The highest BCUT2D eigenvalue weighted by atomic mass is 16.5. The lowest BCUT2D eigenvalue weighted by Crippen LogP contribution is -2.54. The number of esters is 1. The molecule has 150 valence electrons. The number of ether oxygens (including phenoxy) is 1. The molecule has 8 nitrogen and oxygen atoms in total. The molecule has 1 aromatic rings. The predicted molar refractivity (Wildman–Crippen MR) is 104 cm³/mol. The van der Waals surface area contributed by atoms with Crippen LogP contribution in [0.5, 0.6) is 0 Å². The summed E-state index contributed by atoms with van der Waals surface area (Å²) >= 11 is 0. The molecule has 2 amide bonds. The Labute approximate surface area is 165 Å². The van der Waals surface area contributed by atoms with Gasteiger partial charge in [-0.1, -0.05) is 0 Å². The van der Waals surface area contributed by atoms with Crippen molar-refractivity contribution in [2.75, 3.05) is 45.2 Å². The maximum atomic E-state index is 12.9. The van der Waals surface area contributed by atoms with E-state index in [9.17, 15) is 9.59 Å². The van der Waals surface area contributed by atoms with Gasteiger partial charge in [-0.05, 0) is 37.8 Å². The number of methoxy groups -OCH3 is 1. The topological polar surface area (TPSA) is 89.8 Å². The smallest absolute Gasteiger partial charge is 0.320 e. The highest BCUT2D eigenvalue weighted by Gasteiger charge is 2.32. The number of aromatic nitrogens is 1. The number of carbonyl (C=O) groups is 2. The summed E-state index contributed by atoms with van der Waals surface area (Å²) in [6, 6.07) is 5.90. The summed E-state index contributed by atoms with van der Waals surface area (Å²) in [7, 11) is 3.29. The zero-order chi connectivity index (χ0) is 20.1. The van der Waals surface area contributed by atoms with Gasteiger partial charge in [-0.25, -0.2) is 9.78 Å². The predicted octanol–water partition coefficient (Wildman–Crippen LogP) is 1.86. The molecule has 1 saturated carbocycles. The second-order valence-electron chi connectivity index (χ2n) is 7.41. The maximum absolute atomic E-state index is 12.9. The van der Waals surface area contributed by atoms with Crippen LogP contribution in [0, 0.1) is 17.2 Å². The van der Waals surface area contributed by atoms with Crippen LogP contribution in [0.3, 0.4) is 0 Å². The van der Waals surface area contributed by atoms with E-state index in [2.05, 4.69) is 16.0 Å². The first-order valence-corrected chi connectivity index (χ1v) is 9.74. The standard InChI is InChI=1S/C20H27N5O3/c1-23(17-6-4-16(5-7-17)19(26)28-2)20(27)25-11-9-24(10-12-25)18-8-3-15(13-21)14-22-18/h3,8,14,16-17H,4-7,9-12H2,1-2H3. The number of amides is 2. The Bertz CT molecular complexity index is 729. The molecule has 2 aliphatic rings. The number of anilines is 1. The number of urea groups is 1. The van der Waals surface area contributed by atoms with E-state index in [1.807, 2.05) is 22.9 Å². The summed E-state index contributed by atoms with van der Waals surface area (Å²) in [5.41, 5.74) is 0.543. The molecule has 0 bridgehead atoms. The Morgan fingerprint density at radius 3 is 2.39 bits per heavy atom. The number of nitrogens with zero attached hydrogens (tertiary/aromatic N) is 5. The van der Waals surface area contributed by atoms with Crippen molar-refractivity contribution in [1.29, 1.82) is 5.26 Å². The van der Waals surface area contributed by atoms with Crippen molar-refractivity contribution in [3.63, 3.8) is 0 Å². The van der Waals surface area contributed by atoms with Crippen LogP contribution >= 0.6 is 0 Å². The quantitative estimate of drug-likeness (QED) is 0.738. The minimum atomic E-state index is -0.139. The van der Waals surface area contributed by atoms with E-state index in [-0.39, 0.29) is 24.0 Å². The zero-order valence-corrected chi connectivity index (χ0v) is 16.5. The van der Waals surface area contributed by atoms with Gasteiger partial charge in [-0.2, -0.15) is 5.26 Å². The lowest BCUT2D eigenvalue weighted by molar-refractivity contribution is -0.146. The summed E-state index contributed by atoms with van der Waals surface area (Å²) in [5.74, 6) is 0.661. The Balaban J connectivity index is 1.49. The van der Waals surface area contributed by atoms with Crippen molar-refractivity contribution in [2.24, 2.45) is 5.92 Å². The molecule has 1 aliphatic heterocycles. The number of carbonyl (C=O) groups excluding carboxylic acids is 2. The van der Waals surface area contributed by atoms with E-state index < -0.39 is 0 Å². The molecule has 28 heavy (non-hydrogen) atoms. The van der Waals surface area contributed by atoms with Crippen molar-refractivity contribution in [2.45, 2.75) is 31.7 Å². The van der Waals surface area contributed by atoms with E-state index in [0.717, 1.165) is 31.5 Å². The Morgan fingerprint density at radius 2 is 1.86 bits per heavy atom. The first-order valence-electron chi connectivity index (χ1n) is 9.74. The van der Waals surface area contributed by atoms with Crippen LogP contribution in [0.4, 0.5) is 10.6 Å². The van der Waals surface area contributed by atoms with Gasteiger partial charge in [0, 0.05) is 45.5 Å². The van der Waals surface area contributed by atoms with Crippen molar-refractivity contribution < 1.29 is 14.3 Å². The van der Waals surface area contributed by atoms with E-state index in [1.165, 1.54) is 7.11 Å². The number of rotatable bonds is 3. The minimum Gasteiger partial charge on any atom is -0.469 e. The molecule has 0 radical (unpaired) electrons. The van der Waals surface area contributed by atoms with Gasteiger partial charge in [0.2, 0.25) is 0 Å². The average molecular weight is 385 g/mol. The van der Waals surface area contributed by atoms with Crippen LogP contribution in [-0.2, 0) is 9.53 Å². The summed E-state index contributed by atoms with van der Waals surface area (Å²) in [6.07, 6.45) is 4.78. The fraction of sp³-hybridized carbons (Fsp3) is 0.600. The first-order chi connectivity index (χ1) is 13.5. The largest absolute Gasteiger partial charge is 0.469 e. The van der Waals surface area contributed by atoms with Crippen molar-refractivity contribution >= 4 is 17.8 Å². The molecule has 0 spiro atoms. The Morgan fingerprint density at radius 1 is 1.18 bits per heavy atom. The molecule has 0 atom stereocenters. The lowest BCUT2D eigenvalue weighted by atomic mass is 9.85. The third-order valence-corrected chi connectivity index (χ3v) is 5.83. The van der Waals surface area contributed by atoms with Gasteiger partial charge >= 0.3 is 12.0 Å². The first kappa shape index (κ1) is 19.9. The number of hydrogen-bond acceptors (Lipinski definition) is 6. The summed E-state index contributed by atoms with van der Waals surface area (Å²) < 4.78 is 4.83. The van der Waals surface area contributed by atoms with Gasteiger partial charge in [0.05, 0.1) is 18.6 Å². The second kappa shape index (κ2) is 8.91. The summed E-state index contributed by atoms with van der Waals surface area (Å²) in [4.78, 5) is 34.7. The van der Waals surface area contributed by atoms with Gasteiger partial charge in [0.15, 0.2) is 0 Å². The monoisotopic (exact) mass is 385 g/mol. The lowest BCUT2D eigenvalue weighted by Gasteiger charge is -2.40. The number of hydrogen-bond donors (Lipinski definition) is 0. The number of nitriles is 1. The van der Waals surface area contributed by atoms with Crippen molar-refractivity contribution in [3.05, 3.63) is 23.9 Å². The van der Waals surface area contributed by atoms with E-state index in [4.69, 9.17) is 10.00 Å². The molecule has 3 rings (SSSR count). The molecular weight excluding hydrogens is 358 g/mol. The van der Waals surface area contributed by atoms with Gasteiger partial charge < -0.3 is 19.4 Å². The van der Waals surface area contributed by atoms with Crippen molar-refractivity contribution in [3.8, 4) is 6.07 Å². The molecule has 2 heterocycles. The van der Waals surface area contributed by atoms with E-state index >= 15 is 0 Å². The normalized spacial score (nSPS) is 22.3. The zero-order valence-electron chi connectivity index (χ0n) is 16.5. The molecule has 1 aliphatic carbocycles. The van der Waals surface area contributed by atoms with Crippen LogP contribution in [-0.4, -0.2) is 73.2 Å². The second-order valence-corrected chi connectivity index (χ2v) is 7.41. The van der Waals surface area contributed by atoms with Crippen LogP contribution in [0.2, 0.25) is 0 Å². The fourth-order valence-corrected chi connectivity index (χ4v) is 4.01. The number of piperazine rings is 1. The minimum absolute atomic E-state index is 0.0341. The molecule has 1 aromatic heterocycles. The van der Waals surface area contributed by atoms with Crippen molar-refractivity contribution in [1.82, 2.24) is 14.8 Å². The highest BCUT2D eigenvalue weighted by Crippen LogP contribution is 2.28. The summed E-state index contributed by atoms with van der Waals surface area (Å²) in [6.45, 7) is 2.71. The van der Waals surface area contributed by atoms with E-state index in [1.54, 1.807) is 12.3 Å². The summed E-state index contributed by atoms with van der Waals surface area (Å²) in [5, 5.41) is 8.87. The third kappa shape index (κ3) is 4.35. The van der Waals surface area contributed by atoms with Crippen LogP contribution in [0.1, 0.15) is 31.2 Å². The third-order valence-electron chi connectivity index (χ3n) is 5.83. The van der Waals surface area contributed by atoms with Crippen LogP contribution in [0.15, 0.2) is 18.3 Å². The molecule has 0 unspecified atom stereocenters. The maximum Gasteiger partial charge on any atom is 0.320 e. The Hall–Kier alpha value is -2.82. The molecule has 8 heteroatoms. The molecule has 2 fully saturated rings. The SMILES string of the molecule is COC(=O)C1CCC(N(C)C(=O)N2CCN(c3ccc(C#N)cn3)CC2)CC1. The van der Waals surface area contributed by atoms with Gasteiger partial charge in [-0.15, -0.1) is 0 Å². The molecule has 0 N–H and O–H groups in total. The molecular formula is C20H27N5O3. The van der Waals surface area contributed by atoms with Gasteiger partial charge in [0.25, 0.3) is 0 Å². The fourth-order valence-electron chi connectivity index (χ4n) is 4.01. The Kier molecular flexibility index (Phi) is 6.34. The number of pyridine rings is 1. The van der Waals surface area contributed by atoms with Gasteiger partial charge in [-0.3, -0.25) is 4.79 Å². The van der Waals surface area contributed by atoms with Gasteiger partial charge in [0.1, 0.15) is 11.9 Å².